The van der Waals surface area contributed by atoms with Gasteiger partial charge in [-0.25, -0.2) is 4.79 Å². The van der Waals surface area contributed by atoms with Crippen LogP contribution in [-0.4, -0.2) is 32.2 Å². The van der Waals surface area contributed by atoms with Crippen molar-refractivity contribution in [2.75, 3.05) is 20.3 Å². The van der Waals surface area contributed by atoms with E-state index in [1.807, 2.05) is 18.2 Å². The van der Waals surface area contributed by atoms with Crippen molar-refractivity contribution >= 4 is 24.0 Å². The SMILES string of the molecule is CCCCCOc1ccc(/C=C/C(=O)Oc2ccc(/C=C(\C#N)C(=O)NCc3ccco3)cc2OCC)cc1OC. The highest BCUT2D eigenvalue weighted by Gasteiger charge is 2.13. The first-order valence-corrected chi connectivity index (χ1v) is 13.4. The van der Waals surface area contributed by atoms with E-state index in [0.717, 1.165) is 24.8 Å². The average molecular weight is 559 g/mol. The number of benzene rings is 2. The van der Waals surface area contributed by atoms with Crippen LogP contribution in [0.2, 0.25) is 0 Å². The third-order valence-corrected chi connectivity index (χ3v) is 5.76. The number of nitriles is 1. The number of carbonyl (C=O) groups excluding carboxylic acids is 2. The van der Waals surface area contributed by atoms with Crippen LogP contribution in [0.15, 0.2) is 70.9 Å². The molecule has 0 bridgehead atoms. The molecule has 1 heterocycles. The lowest BCUT2D eigenvalue weighted by molar-refractivity contribution is -0.129. The first-order chi connectivity index (χ1) is 20.0. The Labute approximate surface area is 240 Å². The summed E-state index contributed by atoms with van der Waals surface area (Å²) in [7, 11) is 1.57. The number of esters is 1. The second-order valence-electron chi connectivity index (χ2n) is 8.79. The maximum atomic E-state index is 12.6. The highest BCUT2D eigenvalue weighted by Crippen LogP contribution is 2.31. The van der Waals surface area contributed by atoms with Gasteiger partial charge in [0.1, 0.15) is 17.4 Å². The molecule has 9 nitrogen and oxygen atoms in total. The lowest BCUT2D eigenvalue weighted by Crippen LogP contribution is -2.23. The van der Waals surface area contributed by atoms with Gasteiger partial charge in [0.25, 0.3) is 5.91 Å². The van der Waals surface area contributed by atoms with Gasteiger partial charge in [-0.3, -0.25) is 4.79 Å². The molecule has 0 aliphatic rings. The Kier molecular flexibility index (Phi) is 12.1. The lowest BCUT2D eigenvalue weighted by atomic mass is 10.1. The number of hydrogen-bond donors (Lipinski definition) is 1. The molecule has 0 atom stereocenters. The first-order valence-electron chi connectivity index (χ1n) is 13.4. The van der Waals surface area contributed by atoms with Crippen molar-refractivity contribution in [2.24, 2.45) is 0 Å². The number of unbranched alkanes of at least 4 members (excludes halogenated alkanes) is 2. The molecule has 1 amide bonds. The largest absolute Gasteiger partial charge is 0.493 e. The van der Waals surface area contributed by atoms with Gasteiger partial charge >= 0.3 is 5.97 Å². The monoisotopic (exact) mass is 558 g/mol. The highest BCUT2D eigenvalue weighted by molar-refractivity contribution is 6.01. The van der Waals surface area contributed by atoms with Crippen LogP contribution in [0.4, 0.5) is 0 Å². The Morgan fingerprint density at radius 1 is 0.976 bits per heavy atom. The van der Waals surface area contributed by atoms with Gasteiger partial charge in [0.05, 0.1) is 33.1 Å². The molecule has 3 aromatic rings. The second kappa shape index (κ2) is 16.2. The summed E-state index contributed by atoms with van der Waals surface area (Å²) in [4.78, 5) is 25.0. The number of amides is 1. The molecular weight excluding hydrogens is 524 g/mol. The van der Waals surface area contributed by atoms with Crippen molar-refractivity contribution in [1.29, 1.82) is 5.26 Å². The number of methoxy groups -OCH3 is 1. The fourth-order valence-corrected chi connectivity index (χ4v) is 3.71. The number of carbonyl (C=O) groups is 2. The van der Waals surface area contributed by atoms with Gasteiger partial charge in [-0.05, 0) is 73.0 Å². The zero-order valence-electron chi connectivity index (χ0n) is 23.5. The van der Waals surface area contributed by atoms with Crippen molar-refractivity contribution in [1.82, 2.24) is 5.32 Å². The minimum atomic E-state index is -0.608. The van der Waals surface area contributed by atoms with Crippen LogP contribution in [0.1, 0.15) is 50.0 Å². The molecule has 1 aromatic heterocycles. The summed E-state index contributed by atoms with van der Waals surface area (Å²) < 4.78 is 27.6. The van der Waals surface area contributed by atoms with E-state index >= 15 is 0 Å². The second-order valence-corrected chi connectivity index (χ2v) is 8.79. The van der Waals surface area contributed by atoms with Crippen molar-refractivity contribution in [3.05, 3.63) is 83.3 Å². The summed E-state index contributed by atoms with van der Waals surface area (Å²) in [5, 5.41) is 12.1. The van der Waals surface area contributed by atoms with E-state index in [-0.39, 0.29) is 17.9 Å². The average Bonchev–Trinajstić information content (AvgIpc) is 3.51. The molecule has 0 unspecified atom stereocenters. The minimum Gasteiger partial charge on any atom is -0.493 e. The molecular formula is C32H34N2O7. The molecule has 3 rings (SSSR count). The predicted octanol–water partition coefficient (Wildman–Crippen LogP) is 6.10. The molecule has 2 aromatic carbocycles. The van der Waals surface area contributed by atoms with Crippen LogP contribution in [0.5, 0.6) is 23.0 Å². The molecule has 0 spiro atoms. The van der Waals surface area contributed by atoms with Crippen molar-refractivity contribution < 1.29 is 33.0 Å². The van der Waals surface area contributed by atoms with Gasteiger partial charge in [-0.2, -0.15) is 5.26 Å². The van der Waals surface area contributed by atoms with Crippen molar-refractivity contribution in [3.63, 3.8) is 0 Å². The van der Waals surface area contributed by atoms with Crippen LogP contribution in [0.25, 0.3) is 12.2 Å². The predicted molar refractivity (Wildman–Crippen MR) is 154 cm³/mol. The maximum Gasteiger partial charge on any atom is 0.336 e. The van der Waals surface area contributed by atoms with E-state index in [0.29, 0.717) is 41.8 Å². The normalized spacial score (nSPS) is 11.1. The molecule has 41 heavy (non-hydrogen) atoms. The third-order valence-electron chi connectivity index (χ3n) is 5.76. The van der Waals surface area contributed by atoms with Gasteiger partial charge in [-0.15, -0.1) is 0 Å². The zero-order valence-corrected chi connectivity index (χ0v) is 23.5. The van der Waals surface area contributed by atoms with Gasteiger partial charge < -0.3 is 28.7 Å². The number of nitrogens with one attached hydrogen (secondary N) is 1. The number of hydrogen-bond acceptors (Lipinski definition) is 8. The summed E-state index contributed by atoms with van der Waals surface area (Å²) in [5.41, 5.74) is 1.16. The van der Waals surface area contributed by atoms with Crippen molar-refractivity contribution in [2.45, 2.75) is 39.7 Å². The van der Waals surface area contributed by atoms with E-state index < -0.39 is 11.9 Å². The van der Waals surface area contributed by atoms with E-state index in [2.05, 4.69) is 12.2 Å². The van der Waals surface area contributed by atoms with E-state index in [1.54, 1.807) is 56.5 Å². The summed E-state index contributed by atoms with van der Waals surface area (Å²) in [6.45, 7) is 5.01. The molecule has 0 saturated carbocycles. The molecule has 214 valence electrons. The number of ether oxygens (including phenoxy) is 4. The van der Waals surface area contributed by atoms with Gasteiger partial charge in [0, 0.05) is 6.08 Å². The Hall–Kier alpha value is -4.97. The van der Waals surface area contributed by atoms with Crippen LogP contribution in [0, 0.1) is 11.3 Å². The zero-order chi connectivity index (χ0) is 29.5. The first kappa shape index (κ1) is 30.6. The Bertz CT molecular complexity index is 1400. The van der Waals surface area contributed by atoms with E-state index in [9.17, 15) is 14.9 Å². The molecule has 0 aliphatic carbocycles. The molecule has 1 N–H and O–H groups in total. The quantitative estimate of drug-likeness (QED) is 0.0781. The summed E-state index contributed by atoms with van der Waals surface area (Å²) >= 11 is 0. The number of rotatable bonds is 15. The van der Waals surface area contributed by atoms with E-state index in [1.165, 1.54) is 18.4 Å². The number of furan rings is 1. The van der Waals surface area contributed by atoms with Gasteiger partial charge in [-0.1, -0.05) is 31.9 Å². The minimum absolute atomic E-state index is 0.0977. The van der Waals surface area contributed by atoms with E-state index in [4.69, 9.17) is 23.4 Å². The van der Waals surface area contributed by atoms with Crippen LogP contribution in [0.3, 0.4) is 0 Å². The molecule has 9 heteroatoms. The number of nitrogens with zero attached hydrogens (tertiary/aromatic N) is 1. The third kappa shape index (κ3) is 9.62. The standard InChI is InChI=1S/C32H34N2O7/c1-4-6-7-16-40-27-13-10-23(19-29(27)37-3)12-15-31(35)41-28-14-11-24(20-30(28)38-5-2)18-25(21-33)32(36)34-22-26-9-8-17-39-26/h8-15,17-20H,4-7,16,22H2,1-3H3,(H,34,36)/b15-12+,25-18+. The fourth-order valence-electron chi connectivity index (χ4n) is 3.71. The van der Waals surface area contributed by atoms with Crippen LogP contribution >= 0.6 is 0 Å². The lowest BCUT2D eigenvalue weighted by Gasteiger charge is -2.11. The molecule has 0 fully saturated rings. The van der Waals surface area contributed by atoms with Crippen LogP contribution < -0.4 is 24.3 Å². The topological polar surface area (TPSA) is 120 Å². The fraction of sp³-hybridized carbons (Fsp3) is 0.281. The Balaban J connectivity index is 1.67. The summed E-state index contributed by atoms with van der Waals surface area (Å²) in [5.74, 6) is 1.13. The summed E-state index contributed by atoms with van der Waals surface area (Å²) in [6, 6.07) is 15.5. The Morgan fingerprint density at radius 2 is 1.76 bits per heavy atom. The summed E-state index contributed by atoms with van der Waals surface area (Å²) in [6.07, 6.45) is 9.03. The van der Waals surface area contributed by atoms with Gasteiger partial charge in [0.15, 0.2) is 23.0 Å². The highest BCUT2D eigenvalue weighted by atomic mass is 16.6. The molecule has 0 aliphatic heterocycles. The van der Waals surface area contributed by atoms with Crippen LogP contribution in [-0.2, 0) is 16.1 Å². The molecule has 0 radical (unpaired) electrons. The van der Waals surface area contributed by atoms with Crippen molar-refractivity contribution in [3.8, 4) is 29.1 Å². The van der Waals surface area contributed by atoms with Gasteiger partial charge in [0.2, 0.25) is 0 Å². The molecule has 0 saturated heterocycles. The Morgan fingerprint density at radius 3 is 2.46 bits per heavy atom. The maximum absolute atomic E-state index is 12.6. The smallest absolute Gasteiger partial charge is 0.336 e.